The molecule has 17 heavy (non-hydrogen) atoms. The molecule has 2 aromatic rings. The van der Waals surface area contributed by atoms with Gasteiger partial charge in [0.1, 0.15) is 11.4 Å². The third-order valence-corrected chi connectivity index (χ3v) is 2.39. The molecule has 1 N–H and O–H groups in total. The first-order valence-electron chi connectivity index (χ1n) is 5.28. The summed E-state index contributed by atoms with van der Waals surface area (Å²) in [5.41, 5.74) is 2.21. The Morgan fingerprint density at radius 2 is 2.29 bits per heavy atom. The maximum absolute atomic E-state index is 11.8. The Labute approximate surface area is 98.8 Å². The second-order valence-electron chi connectivity index (χ2n) is 3.79. The van der Waals surface area contributed by atoms with E-state index in [9.17, 15) is 4.79 Å². The van der Waals surface area contributed by atoms with E-state index in [0.29, 0.717) is 17.1 Å². The van der Waals surface area contributed by atoms with E-state index in [1.165, 1.54) is 0 Å². The maximum Gasteiger partial charge on any atom is 0.228 e. The molecule has 0 fully saturated rings. The molecule has 0 aliphatic rings. The fourth-order valence-electron chi connectivity index (χ4n) is 1.53. The molecule has 0 spiro atoms. The molecule has 2 aromatic heterocycles. The lowest BCUT2D eigenvalue weighted by molar-refractivity contribution is -0.115. The van der Waals surface area contributed by atoms with E-state index in [2.05, 4.69) is 15.5 Å². The van der Waals surface area contributed by atoms with Crippen LogP contribution < -0.4 is 5.32 Å². The predicted molar refractivity (Wildman–Crippen MR) is 62.5 cm³/mol. The zero-order chi connectivity index (χ0) is 12.3. The van der Waals surface area contributed by atoms with Crippen molar-refractivity contribution in [3.05, 3.63) is 41.5 Å². The zero-order valence-corrected chi connectivity index (χ0v) is 9.73. The molecular formula is C12H13N3O2. The molecule has 0 saturated carbocycles. The van der Waals surface area contributed by atoms with Crippen molar-refractivity contribution in [2.75, 3.05) is 5.32 Å². The third kappa shape index (κ3) is 2.69. The van der Waals surface area contributed by atoms with Crippen LogP contribution in [0.25, 0.3) is 0 Å². The van der Waals surface area contributed by atoms with E-state index in [4.69, 9.17) is 4.52 Å². The van der Waals surface area contributed by atoms with Crippen molar-refractivity contribution >= 4 is 11.6 Å². The topological polar surface area (TPSA) is 68.0 Å². The quantitative estimate of drug-likeness (QED) is 0.875. The molecule has 5 heteroatoms. The molecule has 0 radical (unpaired) electrons. The summed E-state index contributed by atoms with van der Waals surface area (Å²) in [6.45, 7) is 3.55. The number of hydrogen-bond donors (Lipinski definition) is 1. The number of nitrogens with zero attached hydrogens (tertiary/aromatic N) is 2. The van der Waals surface area contributed by atoms with Crippen molar-refractivity contribution in [1.82, 2.24) is 10.1 Å². The van der Waals surface area contributed by atoms with Crippen LogP contribution in [0.15, 0.2) is 29.0 Å². The number of nitrogens with one attached hydrogen (secondary N) is 1. The van der Waals surface area contributed by atoms with Crippen LogP contribution in [0.2, 0.25) is 0 Å². The maximum atomic E-state index is 11.8. The normalized spacial score (nSPS) is 10.2. The predicted octanol–water partition coefficient (Wildman–Crippen LogP) is 1.87. The molecule has 0 atom stereocenters. The summed E-state index contributed by atoms with van der Waals surface area (Å²) in [4.78, 5) is 15.7. The number of pyridine rings is 1. The first-order chi connectivity index (χ1) is 8.16. The molecule has 0 aromatic carbocycles. The van der Waals surface area contributed by atoms with E-state index in [1.54, 1.807) is 32.3 Å². The van der Waals surface area contributed by atoms with E-state index in [0.717, 1.165) is 5.56 Å². The lowest BCUT2D eigenvalue weighted by atomic mass is 10.2. The molecule has 0 unspecified atom stereocenters. The molecule has 5 nitrogen and oxygen atoms in total. The van der Waals surface area contributed by atoms with Crippen molar-refractivity contribution in [2.24, 2.45) is 0 Å². The average Bonchev–Trinajstić information content (AvgIpc) is 2.62. The number of carbonyl (C=O) groups is 1. The van der Waals surface area contributed by atoms with Gasteiger partial charge in [-0.15, -0.1) is 0 Å². The van der Waals surface area contributed by atoms with Crippen LogP contribution in [-0.2, 0) is 11.2 Å². The van der Waals surface area contributed by atoms with Gasteiger partial charge in [-0.25, -0.2) is 0 Å². The van der Waals surface area contributed by atoms with Crippen molar-refractivity contribution in [2.45, 2.75) is 20.3 Å². The summed E-state index contributed by atoms with van der Waals surface area (Å²) in [5.74, 6) is 0.509. The molecule has 2 heterocycles. The van der Waals surface area contributed by atoms with Crippen molar-refractivity contribution in [1.29, 1.82) is 0 Å². The van der Waals surface area contributed by atoms with Crippen LogP contribution in [0.1, 0.15) is 17.0 Å². The molecule has 0 aliphatic heterocycles. The molecule has 1 amide bonds. The van der Waals surface area contributed by atoms with Gasteiger partial charge in [0.25, 0.3) is 0 Å². The van der Waals surface area contributed by atoms with Crippen LogP contribution in [0.5, 0.6) is 0 Å². The van der Waals surface area contributed by atoms with Gasteiger partial charge < -0.3 is 9.84 Å². The van der Waals surface area contributed by atoms with Gasteiger partial charge >= 0.3 is 0 Å². The number of aryl methyl sites for hydroxylation is 2. The second-order valence-corrected chi connectivity index (χ2v) is 3.79. The van der Waals surface area contributed by atoms with E-state index >= 15 is 0 Å². The van der Waals surface area contributed by atoms with Gasteiger partial charge in [-0.05, 0) is 25.5 Å². The minimum Gasteiger partial charge on any atom is -0.359 e. The Kier molecular flexibility index (Phi) is 3.18. The molecule has 0 saturated heterocycles. The lowest BCUT2D eigenvalue weighted by Gasteiger charge is -2.03. The summed E-state index contributed by atoms with van der Waals surface area (Å²) in [6.07, 6.45) is 3.64. The number of aromatic nitrogens is 2. The van der Waals surface area contributed by atoms with Crippen LogP contribution in [0.4, 0.5) is 5.69 Å². The van der Waals surface area contributed by atoms with Crippen molar-refractivity contribution in [3.63, 3.8) is 0 Å². The molecular weight excluding hydrogens is 218 g/mol. The fraction of sp³-hybridized carbons (Fsp3) is 0.250. The summed E-state index contributed by atoms with van der Waals surface area (Å²) < 4.78 is 4.97. The minimum absolute atomic E-state index is 0.104. The third-order valence-electron chi connectivity index (χ3n) is 2.39. The highest BCUT2D eigenvalue weighted by Gasteiger charge is 2.12. The minimum atomic E-state index is -0.104. The van der Waals surface area contributed by atoms with E-state index in [-0.39, 0.29) is 12.3 Å². The van der Waals surface area contributed by atoms with Crippen molar-refractivity contribution in [3.8, 4) is 0 Å². The summed E-state index contributed by atoms with van der Waals surface area (Å²) in [7, 11) is 0. The number of rotatable bonds is 3. The molecule has 88 valence electrons. The van der Waals surface area contributed by atoms with Gasteiger partial charge in [0.05, 0.1) is 6.42 Å². The molecule has 0 aliphatic carbocycles. The highest BCUT2D eigenvalue weighted by molar-refractivity contribution is 5.93. The van der Waals surface area contributed by atoms with E-state index < -0.39 is 0 Å². The van der Waals surface area contributed by atoms with Gasteiger partial charge in [-0.2, -0.15) is 0 Å². The Balaban J connectivity index is 2.03. The van der Waals surface area contributed by atoms with Gasteiger partial charge in [-0.3, -0.25) is 9.78 Å². The summed E-state index contributed by atoms with van der Waals surface area (Å²) in [5, 5.41) is 6.56. The number of amides is 1. The number of anilines is 1. The Hall–Kier alpha value is -2.17. The fourth-order valence-corrected chi connectivity index (χ4v) is 1.53. The Morgan fingerprint density at radius 1 is 1.47 bits per heavy atom. The van der Waals surface area contributed by atoms with Crippen LogP contribution in [0.3, 0.4) is 0 Å². The van der Waals surface area contributed by atoms with Gasteiger partial charge in [-0.1, -0.05) is 11.2 Å². The first-order valence-corrected chi connectivity index (χ1v) is 5.28. The molecule has 2 rings (SSSR count). The van der Waals surface area contributed by atoms with Crippen molar-refractivity contribution < 1.29 is 9.32 Å². The zero-order valence-electron chi connectivity index (χ0n) is 9.73. The van der Waals surface area contributed by atoms with E-state index in [1.807, 2.05) is 6.07 Å². The summed E-state index contributed by atoms with van der Waals surface area (Å²) >= 11 is 0. The Bertz CT molecular complexity index is 500. The van der Waals surface area contributed by atoms with Crippen LogP contribution in [0, 0.1) is 13.8 Å². The SMILES string of the molecule is Cc1noc(C)c1NC(=O)Cc1cccnc1. The second kappa shape index (κ2) is 4.78. The van der Waals surface area contributed by atoms with Crippen LogP contribution >= 0.6 is 0 Å². The number of hydrogen-bond acceptors (Lipinski definition) is 4. The highest BCUT2D eigenvalue weighted by Crippen LogP contribution is 2.18. The van der Waals surface area contributed by atoms with Gasteiger partial charge in [0.2, 0.25) is 5.91 Å². The average molecular weight is 231 g/mol. The standard InChI is InChI=1S/C12H13N3O2/c1-8-12(9(2)17-15-8)14-11(16)6-10-4-3-5-13-7-10/h3-5,7H,6H2,1-2H3,(H,14,16). The first kappa shape index (κ1) is 11.3. The number of carbonyl (C=O) groups excluding carboxylic acids is 1. The Morgan fingerprint density at radius 3 is 2.88 bits per heavy atom. The van der Waals surface area contributed by atoms with Crippen LogP contribution in [-0.4, -0.2) is 16.0 Å². The molecule has 0 bridgehead atoms. The largest absolute Gasteiger partial charge is 0.359 e. The highest BCUT2D eigenvalue weighted by atomic mass is 16.5. The monoisotopic (exact) mass is 231 g/mol. The van der Waals surface area contributed by atoms with Gasteiger partial charge in [0.15, 0.2) is 5.76 Å². The lowest BCUT2D eigenvalue weighted by Crippen LogP contribution is -2.15. The smallest absolute Gasteiger partial charge is 0.228 e. The van der Waals surface area contributed by atoms with Gasteiger partial charge in [0, 0.05) is 12.4 Å². The summed E-state index contributed by atoms with van der Waals surface area (Å²) in [6, 6.07) is 3.67.